The number of hydrogen-bond acceptors (Lipinski definition) is 2. The molecule has 0 aliphatic heterocycles. The molecule has 2 nitrogen and oxygen atoms in total. The first-order valence-corrected chi connectivity index (χ1v) is 5.21. The average molecular weight is 232 g/mol. The van der Waals surface area contributed by atoms with E-state index in [1.807, 2.05) is 18.2 Å². The Kier molecular flexibility index (Phi) is 3.22. The van der Waals surface area contributed by atoms with E-state index in [0.717, 1.165) is 11.3 Å². The zero-order chi connectivity index (χ0) is 11.4. The van der Waals surface area contributed by atoms with Gasteiger partial charge in [0.05, 0.1) is 10.7 Å². The standard InChI is InChI=1S/C13H10ClNO/c14-12-3-1-2-4-13(12)15-9-10-5-7-11(16)8-6-10/h1-9,16H. The van der Waals surface area contributed by atoms with E-state index in [1.54, 1.807) is 36.5 Å². The second kappa shape index (κ2) is 4.81. The Labute approximate surface area is 98.8 Å². The molecule has 0 aliphatic carbocycles. The number of benzene rings is 2. The Morgan fingerprint density at radius 3 is 2.38 bits per heavy atom. The molecule has 3 heteroatoms. The van der Waals surface area contributed by atoms with Crippen LogP contribution in [0.1, 0.15) is 5.56 Å². The smallest absolute Gasteiger partial charge is 0.115 e. The van der Waals surface area contributed by atoms with Crippen LogP contribution < -0.4 is 0 Å². The van der Waals surface area contributed by atoms with Crippen LogP contribution in [0.4, 0.5) is 5.69 Å². The zero-order valence-corrected chi connectivity index (χ0v) is 9.22. The van der Waals surface area contributed by atoms with Gasteiger partial charge in [-0.2, -0.15) is 0 Å². The molecule has 2 rings (SSSR count). The fourth-order valence-electron chi connectivity index (χ4n) is 1.26. The molecule has 0 spiro atoms. The van der Waals surface area contributed by atoms with Gasteiger partial charge in [-0.25, -0.2) is 0 Å². The zero-order valence-electron chi connectivity index (χ0n) is 8.47. The minimum Gasteiger partial charge on any atom is -0.508 e. The molecule has 0 amide bonds. The number of hydrogen-bond donors (Lipinski definition) is 1. The van der Waals surface area contributed by atoms with Crippen LogP contribution in [0.2, 0.25) is 5.02 Å². The van der Waals surface area contributed by atoms with Crippen molar-refractivity contribution in [2.75, 3.05) is 0 Å². The number of phenolic OH excluding ortho intramolecular Hbond substituents is 1. The molecule has 0 radical (unpaired) electrons. The van der Waals surface area contributed by atoms with Gasteiger partial charge in [0.25, 0.3) is 0 Å². The van der Waals surface area contributed by atoms with Crippen LogP contribution in [0.3, 0.4) is 0 Å². The summed E-state index contributed by atoms with van der Waals surface area (Å²) in [4.78, 5) is 4.27. The van der Waals surface area contributed by atoms with Gasteiger partial charge in [-0.05, 0) is 42.0 Å². The third-order valence-electron chi connectivity index (χ3n) is 2.10. The predicted molar refractivity (Wildman–Crippen MR) is 66.8 cm³/mol. The maximum absolute atomic E-state index is 9.12. The van der Waals surface area contributed by atoms with Gasteiger partial charge in [0.15, 0.2) is 0 Å². The van der Waals surface area contributed by atoms with Crippen LogP contribution in [0.25, 0.3) is 0 Å². The SMILES string of the molecule is Oc1ccc(C=Nc2ccccc2Cl)cc1. The molecule has 0 bridgehead atoms. The number of nitrogens with zero attached hydrogens (tertiary/aromatic N) is 1. The van der Waals surface area contributed by atoms with Crippen molar-refractivity contribution in [1.29, 1.82) is 0 Å². The Balaban J connectivity index is 2.21. The van der Waals surface area contributed by atoms with Crippen molar-refractivity contribution in [3.8, 4) is 5.75 Å². The number of rotatable bonds is 2. The van der Waals surface area contributed by atoms with Gasteiger partial charge in [-0.1, -0.05) is 23.7 Å². The number of halogens is 1. The first-order valence-electron chi connectivity index (χ1n) is 4.83. The second-order valence-corrected chi connectivity index (χ2v) is 3.71. The quantitative estimate of drug-likeness (QED) is 0.784. The third-order valence-corrected chi connectivity index (χ3v) is 2.42. The first-order chi connectivity index (χ1) is 7.75. The van der Waals surface area contributed by atoms with Crippen LogP contribution in [0.15, 0.2) is 53.5 Å². The number of phenols is 1. The fourth-order valence-corrected chi connectivity index (χ4v) is 1.45. The third kappa shape index (κ3) is 2.61. The molecule has 80 valence electrons. The van der Waals surface area contributed by atoms with Crippen LogP contribution in [0.5, 0.6) is 5.75 Å². The molecular weight excluding hydrogens is 222 g/mol. The summed E-state index contributed by atoms with van der Waals surface area (Å²) in [6.07, 6.45) is 1.71. The van der Waals surface area contributed by atoms with Gasteiger partial charge in [0.1, 0.15) is 5.75 Å². The minimum absolute atomic E-state index is 0.245. The normalized spacial score (nSPS) is 10.8. The highest BCUT2D eigenvalue weighted by molar-refractivity contribution is 6.33. The lowest BCUT2D eigenvalue weighted by molar-refractivity contribution is 0.475. The molecule has 0 heterocycles. The Morgan fingerprint density at radius 2 is 1.69 bits per heavy atom. The average Bonchev–Trinajstić information content (AvgIpc) is 2.30. The second-order valence-electron chi connectivity index (χ2n) is 3.30. The van der Waals surface area contributed by atoms with Crippen molar-refractivity contribution in [1.82, 2.24) is 0 Å². The van der Waals surface area contributed by atoms with E-state index in [0.29, 0.717) is 5.02 Å². The molecule has 0 saturated carbocycles. The maximum atomic E-state index is 9.12. The lowest BCUT2D eigenvalue weighted by Gasteiger charge is -1.97. The summed E-state index contributed by atoms with van der Waals surface area (Å²) >= 11 is 5.96. The van der Waals surface area contributed by atoms with Crippen LogP contribution in [-0.2, 0) is 0 Å². The van der Waals surface area contributed by atoms with Crippen LogP contribution in [0, 0.1) is 0 Å². The van der Waals surface area contributed by atoms with Gasteiger partial charge in [0, 0.05) is 6.21 Å². The highest BCUT2D eigenvalue weighted by Crippen LogP contribution is 2.23. The van der Waals surface area contributed by atoms with E-state index < -0.39 is 0 Å². The highest BCUT2D eigenvalue weighted by atomic mass is 35.5. The fraction of sp³-hybridized carbons (Fsp3) is 0. The lowest BCUT2D eigenvalue weighted by atomic mass is 10.2. The van der Waals surface area contributed by atoms with Crippen molar-refractivity contribution in [3.05, 3.63) is 59.1 Å². The predicted octanol–water partition coefficient (Wildman–Crippen LogP) is 3.80. The molecule has 0 saturated heterocycles. The van der Waals surface area contributed by atoms with Gasteiger partial charge in [0.2, 0.25) is 0 Å². The number of aliphatic imine (C=N–C) groups is 1. The molecular formula is C13H10ClNO. The first kappa shape index (κ1) is 10.7. The van der Waals surface area contributed by atoms with Gasteiger partial charge in [-0.3, -0.25) is 4.99 Å². The van der Waals surface area contributed by atoms with Crippen molar-refractivity contribution in [2.45, 2.75) is 0 Å². The summed E-state index contributed by atoms with van der Waals surface area (Å²) in [5.74, 6) is 0.245. The van der Waals surface area contributed by atoms with E-state index in [4.69, 9.17) is 16.7 Å². The van der Waals surface area contributed by atoms with E-state index in [-0.39, 0.29) is 5.75 Å². The molecule has 0 atom stereocenters. The maximum Gasteiger partial charge on any atom is 0.115 e. The summed E-state index contributed by atoms with van der Waals surface area (Å²) in [5, 5.41) is 9.74. The van der Waals surface area contributed by atoms with Crippen molar-refractivity contribution >= 4 is 23.5 Å². The van der Waals surface area contributed by atoms with Crippen LogP contribution in [-0.4, -0.2) is 11.3 Å². The Bertz CT molecular complexity index is 506. The van der Waals surface area contributed by atoms with Gasteiger partial charge < -0.3 is 5.11 Å². The molecule has 1 N–H and O–H groups in total. The summed E-state index contributed by atoms with van der Waals surface area (Å²) in [7, 11) is 0. The number of para-hydroxylation sites is 1. The molecule has 0 unspecified atom stereocenters. The lowest BCUT2D eigenvalue weighted by Crippen LogP contribution is -1.79. The van der Waals surface area contributed by atoms with Crippen molar-refractivity contribution in [3.63, 3.8) is 0 Å². The monoisotopic (exact) mass is 231 g/mol. The van der Waals surface area contributed by atoms with Crippen molar-refractivity contribution in [2.24, 2.45) is 4.99 Å². The molecule has 0 aromatic heterocycles. The van der Waals surface area contributed by atoms with E-state index in [9.17, 15) is 0 Å². The van der Waals surface area contributed by atoms with Gasteiger partial charge >= 0.3 is 0 Å². The molecule has 2 aromatic carbocycles. The molecule has 0 aliphatic rings. The highest BCUT2D eigenvalue weighted by Gasteiger charge is 1.94. The summed E-state index contributed by atoms with van der Waals surface area (Å²) < 4.78 is 0. The minimum atomic E-state index is 0.245. The molecule has 16 heavy (non-hydrogen) atoms. The van der Waals surface area contributed by atoms with Crippen molar-refractivity contribution < 1.29 is 5.11 Å². The van der Waals surface area contributed by atoms with E-state index >= 15 is 0 Å². The molecule has 2 aromatic rings. The number of aromatic hydroxyl groups is 1. The summed E-state index contributed by atoms with van der Waals surface area (Å²) in [6.45, 7) is 0. The molecule has 0 fully saturated rings. The van der Waals surface area contributed by atoms with E-state index in [1.165, 1.54) is 0 Å². The largest absolute Gasteiger partial charge is 0.508 e. The Hall–Kier alpha value is -1.80. The summed E-state index contributed by atoms with van der Waals surface area (Å²) in [5.41, 5.74) is 1.65. The van der Waals surface area contributed by atoms with E-state index in [2.05, 4.69) is 4.99 Å². The summed E-state index contributed by atoms with van der Waals surface area (Å²) in [6, 6.07) is 14.2. The topological polar surface area (TPSA) is 32.6 Å². The van der Waals surface area contributed by atoms with Crippen LogP contribution >= 0.6 is 11.6 Å². The Morgan fingerprint density at radius 1 is 1.00 bits per heavy atom. The van der Waals surface area contributed by atoms with Gasteiger partial charge in [-0.15, -0.1) is 0 Å².